The van der Waals surface area contributed by atoms with Crippen molar-refractivity contribution in [3.8, 4) is 11.5 Å². The third kappa shape index (κ3) is 5.00. The van der Waals surface area contributed by atoms with E-state index >= 15 is 0 Å². The van der Waals surface area contributed by atoms with E-state index in [9.17, 15) is 18.3 Å². The van der Waals surface area contributed by atoms with Crippen molar-refractivity contribution in [2.45, 2.75) is 11.8 Å². The van der Waals surface area contributed by atoms with Crippen LogP contribution in [0.3, 0.4) is 0 Å². The number of nitrogens with one attached hydrogen (secondary N) is 2. The molecule has 3 aromatic rings. The van der Waals surface area contributed by atoms with E-state index in [0.717, 1.165) is 6.07 Å². The van der Waals surface area contributed by atoms with Gasteiger partial charge in [0, 0.05) is 17.4 Å². The number of anilines is 2. The van der Waals surface area contributed by atoms with Crippen molar-refractivity contribution >= 4 is 39.0 Å². The van der Waals surface area contributed by atoms with Gasteiger partial charge in [0.05, 0.1) is 11.6 Å². The summed E-state index contributed by atoms with van der Waals surface area (Å²) in [5, 5.41) is 12.1. The lowest BCUT2D eigenvalue weighted by Gasteiger charge is -2.12. The first kappa shape index (κ1) is 21.4. The minimum Gasteiger partial charge on any atom is -0.504 e. The van der Waals surface area contributed by atoms with E-state index in [-0.39, 0.29) is 27.0 Å². The Bertz CT molecular complexity index is 1170. The zero-order valence-corrected chi connectivity index (χ0v) is 17.4. The van der Waals surface area contributed by atoms with E-state index < -0.39 is 15.9 Å². The van der Waals surface area contributed by atoms with E-state index in [2.05, 4.69) is 15.0 Å². The van der Waals surface area contributed by atoms with Gasteiger partial charge < -0.3 is 15.2 Å². The molecule has 0 aliphatic rings. The van der Waals surface area contributed by atoms with Crippen LogP contribution in [0.15, 0.2) is 65.7 Å². The first-order valence-electron chi connectivity index (χ1n) is 8.80. The number of carbonyl (C=O) groups is 1. The van der Waals surface area contributed by atoms with Gasteiger partial charge in [-0.1, -0.05) is 11.6 Å². The van der Waals surface area contributed by atoms with Crippen molar-refractivity contribution < 1.29 is 23.1 Å². The Morgan fingerprint density at radius 1 is 1.17 bits per heavy atom. The smallest absolute Gasteiger partial charge is 0.263 e. The largest absolute Gasteiger partial charge is 0.504 e. The lowest BCUT2D eigenvalue weighted by Crippen LogP contribution is -2.17. The number of amides is 1. The molecule has 8 nitrogen and oxygen atoms in total. The monoisotopic (exact) mass is 447 g/mol. The molecule has 0 atom stereocenters. The molecular weight excluding hydrogens is 430 g/mol. The topological polar surface area (TPSA) is 118 Å². The Morgan fingerprint density at radius 3 is 2.57 bits per heavy atom. The Hall–Kier alpha value is -3.30. The summed E-state index contributed by atoms with van der Waals surface area (Å²) in [6.45, 7) is 2.34. The van der Waals surface area contributed by atoms with Crippen LogP contribution in [-0.4, -0.2) is 31.0 Å². The number of nitrogens with zero attached hydrogens (tertiary/aromatic N) is 1. The number of sulfonamides is 1. The normalized spacial score (nSPS) is 11.0. The maximum absolute atomic E-state index is 12.8. The third-order valence-electron chi connectivity index (χ3n) is 3.92. The Kier molecular flexibility index (Phi) is 6.43. The summed E-state index contributed by atoms with van der Waals surface area (Å²) >= 11 is 6.08. The molecule has 3 rings (SSSR count). The average Bonchev–Trinajstić information content (AvgIpc) is 2.71. The number of ether oxygens (including phenoxy) is 1. The molecule has 1 heterocycles. The van der Waals surface area contributed by atoms with Crippen LogP contribution in [-0.2, 0) is 10.0 Å². The fourth-order valence-electron chi connectivity index (χ4n) is 2.52. The zero-order chi connectivity index (χ0) is 21.7. The van der Waals surface area contributed by atoms with Gasteiger partial charge in [-0.25, -0.2) is 13.4 Å². The molecule has 10 heteroatoms. The summed E-state index contributed by atoms with van der Waals surface area (Å²) in [4.78, 5) is 16.1. The summed E-state index contributed by atoms with van der Waals surface area (Å²) in [6.07, 6.45) is 1.40. The SMILES string of the molecule is CCOc1ccc(NS(=O)(=O)c2cc(C(=O)Nc3ncccc3O)ccc2Cl)cc1. The molecule has 1 aromatic heterocycles. The lowest BCUT2D eigenvalue weighted by atomic mass is 10.2. The second-order valence-corrected chi connectivity index (χ2v) is 8.09. The van der Waals surface area contributed by atoms with Crippen LogP contribution in [0.1, 0.15) is 17.3 Å². The molecule has 1 amide bonds. The molecule has 0 radical (unpaired) electrons. The number of aromatic nitrogens is 1. The predicted octanol–water partition coefficient (Wildman–Crippen LogP) is 3.89. The standard InChI is InChI=1S/C20H18ClN3O5S/c1-2-29-15-8-6-14(7-9-15)24-30(27,28)18-12-13(5-10-16(18)21)20(26)23-19-17(25)4-3-11-22-19/h3-12,24-25H,2H2,1H3,(H,22,23,26). The van der Waals surface area contributed by atoms with Gasteiger partial charge in [-0.2, -0.15) is 0 Å². The van der Waals surface area contributed by atoms with Crippen LogP contribution >= 0.6 is 11.6 Å². The number of carbonyl (C=O) groups excluding carboxylic acids is 1. The van der Waals surface area contributed by atoms with E-state index in [1.54, 1.807) is 24.3 Å². The summed E-state index contributed by atoms with van der Waals surface area (Å²) in [7, 11) is -4.07. The van der Waals surface area contributed by atoms with E-state index in [1.807, 2.05) is 6.92 Å². The molecule has 0 aliphatic heterocycles. The highest BCUT2D eigenvalue weighted by Crippen LogP contribution is 2.27. The van der Waals surface area contributed by atoms with Gasteiger partial charge in [-0.3, -0.25) is 9.52 Å². The summed E-state index contributed by atoms with van der Waals surface area (Å²) in [5.41, 5.74) is 0.333. The molecule has 0 fully saturated rings. The van der Waals surface area contributed by atoms with Crippen LogP contribution in [0.5, 0.6) is 11.5 Å². The minimum atomic E-state index is -4.07. The summed E-state index contributed by atoms with van der Waals surface area (Å²) < 4.78 is 33.4. The number of hydrogen-bond donors (Lipinski definition) is 3. The maximum atomic E-state index is 12.8. The van der Waals surface area contributed by atoms with Gasteiger partial charge in [0.1, 0.15) is 10.6 Å². The van der Waals surface area contributed by atoms with E-state index in [1.165, 1.54) is 30.5 Å². The van der Waals surface area contributed by atoms with Crippen molar-refractivity contribution in [2.75, 3.05) is 16.6 Å². The molecule has 0 spiro atoms. The molecule has 3 N–H and O–H groups in total. The first-order chi connectivity index (χ1) is 14.3. The van der Waals surface area contributed by atoms with Crippen LogP contribution in [0.2, 0.25) is 5.02 Å². The molecular formula is C20H18ClN3O5S. The van der Waals surface area contributed by atoms with Crippen LogP contribution in [0.25, 0.3) is 0 Å². The number of benzene rings is 2. The van der Waals surface area contributed by atoms with Crippen LogP contribution in [0.4, 0.5) is 11.5 Å². The number of pyridine rings is 1. The molecule has 30 heavy (non-hydrogen) atoms. The van der Waals surface area contributed by atoms with Crippen molar-refractivity contribution in [3.63, 3.8) is 0 Å². The van der Waals surface area contributed by atoms with Gasteiger partial charge in [0.2, 0.25) is 0 Å². The highest BCUT2D eigenvalue weighted by molar-refractivity contribution is 7.92. The highest BCUT2D eigenvalue weighted by Gasteiger charge is 2.21. The highest BCUT2D eigenvalue weighted by atomic mass is 35.5. The van der Waals surface area contributed by atoms with Gasteiger partial charge in [0.25, 0.3) is 15.9 Å². The van der Waals surface area contributed by atoms with E-state index in [4.69, 9.17) is 16.3 Å². The molecule has 0 unspecified atom stereocenters. The molecule has 0 bridgehead atoms. The lowest BCUT2D eigenvalue weighted by molar-refractivity contribution is 0.102. The maximum Gasteiger partial charge on any atom is 0.263 e. The number of aromatic hydroxyl groups is 1. The minimum absolute atomic E-state index is 0.0246. The van der Waals surface area contributed by atoms with Crippen LogP contribution in [0, 0.1) is 0 Å². The summed E-state index contributed by atoms with van der Waals surface area (Å²) in [5.74, 6) is -0.313. The average molecular weight is 448 g/mol. The second kappa shape index (κ2) is 9.02. The Labute approximate surface area is 178 Å². The zero-order valence-electron chi connectivity index (χ0n) is 15.8. The number of rotatable bonds is 7. The van der Waals surface area contributed by atoms with Crippen molar-refractivity contribution in [1.82, 2.24) is 4.98 Å². The Balaban J connectivity index is 1.84. The number of hydrogen-bond acceptors (Lipinski definition) is 6. The quantitative estimate of drug-likeness (QED) is 0.505. The van der Waals surface area contributed by atoms with Crippen molar-refractivity contribution in [3.05, 3.63) is 71.4 Å². The second-order valence-electron chi connectivity index (χ2n) is 6.03. The number of halogens is 1. The van der Waals surface area contributed by atoms with Gasteiger partial charge in [-0.05, 0) is 61.5 Å². The molecule has 0 saturated heterocycles. The molecule has 156 valence electrons. The first-order valence-corrected chi connectivity index (χ1v) is 10.7. The van der Waals surface area contributed by atoms with E-state index in [0.29, 0.717) is 18.0 Å². The third-order valence-corrected chi connectivity index (χ3v) is 5.78. The molecule has 0 aliphatic carbocycles. The fraction of sp³-hybridized carbons (Fsp3) is 0.100. The van der Waals surface area contributed by atoms with Crippen molar-refractivity contribution in [2.24, 2.45) is 0 Å². The molecule has 2 aromatic carbocycles. The van der Waals surface area contributed by atoms with Gasteiger partial charge in [0.15, 0.2) is 11.6 Å². The Morgan fingerprint density at radius 2 is 1.90 bits per heavy atom. The predicted molar refractivity (Wildman–Crippen MR) is 114 cm³/mol. The molecule has 0 saturated carbocycles. The van der Waals surface area contributed by atoms with Gasteiger partial charge >= 0.3 is 0 Å². The summed E-state index contributed by atoms with van der Waals surface area (Å²) in [6, 6.07) is 13.1. The van der Waals surface area contributed by atoms with Crippen molar-refractivity contribution in [1.29, 1.82) is 0 Å². The van der Waals surface area contributed by atoms with Gasteiger partial charge in [-0.15, -0.1) is 0 Å². The van der Waals surface area contributed by atoms with Crippen LogP contribution < -0.4 is 14.8 Å². The fourth-order valence-corrected chi connectivity index (χ4v) is 4.10.